The third-order valence-corrected chi connectivity index (χ3v) is 4.40. The van der Waals surface area contributed by atoms with Crippen LogP contribution in [-0.2, 0) is 0 Å². The molecule has 1 aromatic heterocycles. The summed E-state index contributed by atoms with van der Waals surface area (Å²) in [5.74, 6) is 2.70. The van der Waals surface area contributed by atoms with Crippen molar-refractivity contribution in [1.82, 2.24) is 9.97 Å². The second kappa shape index (κ2) is 6.00. The first kappa shape index (κ1) is 13.8. The Labute approximate surface area is 117 Å². The molecule has 1 saturated carbocycles. The predicted octanol–water partition coefficient (Wildman–Crippen LogP) is 4.08. The normalized spacial score (nSPS) is 28.4. The zero-order valence-electron chi connectivity index (χ0n) is 11.3. The fraction of sp³-hybridized carbons (Fsp3) is 0.714. The molecule has 3 atom stereocenters. The molecule has 0 spiro atoms. The summed E-state index contributed by atoms with van der Waals surface area (Å²) >= 11 is 3.45. The number of halogens is 1. The van der Waals surface area contributed by atoms with Crippen molar-refractivity contribution >= 4 is 15.9 Å². The maximum Gasteiger partial charge on any atom is 0.231 e. The summed E-state index contributed by atoms with van der Waals surface area (Å²) in [6.45, 7) is 6.87. The smallest absolute Gasteiger partial charge is 0.231 e. The highest BCUT2D eigenvalue weighted by Crippen LogP contribution is 2.36. The van der Waals surface area contributed by atoms with Crippen molar-refractivity contribution < 1.29 is 4.74 Å². The number of hydrogen-bond acceptors (Lipinski definition) is 3. The second-order valence-corrected chi connectivity index (χ2v) is 6.51. The molecule has 0 aliphatic heterocycles. The third-order valence-electron chi connectivity index (χ3n) is 3.86. The van der Waals surface area contributed by atoms with E-state index < -0.39 is 0 Å². The SMILES string of the molecule is CC1CCC(C(C)C)C(Oc2ncncc2Br)C1. The van der Waals surface area contributed by atoms with E-state index in [0.717, 1.165) is 16.8 Å². The minimum atomic E-state index is 0.278. The molecule has 3 unspecified atom stereocenters. The van der Waals surface area contributed by atoms with Crippen LogP contribution in [0, 0.1) is 17.8 Å². The average molecular weight is 313 g/mol. The van der Waals surface area contributed by atoms with E-state index in [4.69, 9.17) is 4.74 Å². The summed E-state index contributed by atoms with van der Waals surface area (Å²) in [6, 6.07) is 0. The molecule has 0 bridgehead atoms. The lowest BCUT2D eigenvalue weighted by Crippen LogP contribution is -2.36. The van der Waals surface area contributed by atoms with Gasteiger partial charge in [0.1, 0.15) is 12.4 Å². The van der Waals surface area contributed by atoms with Gasteiger partial charge in [-0.05, 0) is 46.5 Å². The quantitative estimate of drug-likeness (QED) is 0.843. The molecular weight excluding hydrogens is 292 g/mol. The molecule has 1 aliphatic rings. The molecule has 4 heteroatoms. The van der Waals surface area contributed by atoms with Crippen LogP contribution in [0.15, 0.2) is 17.0 Å². The Hall–Kier alpha value is -0.640. The van der Waals surface area contributed by atoms with Crippen LogP contribution in [0.3, 0.4) is 0 Å². The summed E-state index contributed by atoms with van der Waals surface area (Å²) in [5, 5.41) is 0. The topological polar surface area (TPSA) is 35.0 Å². The number of ether oxygens (including phenoxy) is 1. The molecule has 3 nitrogen and oxygen atoms in total. The Morgan fingerprint density at radius 2 is 2.17 bits per heavy atom. The van der Waals surface area contributed by atoms with Gasteiger partial charge in [-0.25, -0.2) is 9.97 Å². The van der Waals surface area contributed by atoms with Gasteiger partial charge in [0.15, 0.2) is 0 Å². The maximum absolute atomic E-state index is 6.13. The van der Waals surface area contributed by atoms with Crippen molar-refractivity contribution in [3.63, 3.8) is 0 Å². The van der Waals surface area contributed by atoms with Gasteiger partial charge >= 0.3 is 0 Å². The first-order chi connectivity index (χ1) is 8.58. The highest BCUT2D eigenvalue weighted by molar-refractivity contribution is 9.10. The van der Waals surface area contributed by atoms with Crippen molar-refractivity contribution in [1.29, 1.82) is 0 Å². The van der Waals surface area contributed by atoms with Crippen LogP contribution in [0.1, 0.15) is 40.0 Å². The van der Waals surface area contributed by atoms with Gasteiger partial charge in [0.25, 0.3) is 0 Å². The van der Waals surface area contributed by atoms with E-state index in [-0.39, 0.29) is 6.10 Å². The van der Waals surface area contributed by atoms with Gasteiger partial charge in [0.2, 0.25) is 5.88 Å². The van der Waals surface area contributed by atoms with E-state index in [1.165, 1.54) is 19.2 Å². The summed E-state index contributed by atoms with van der Waals surface area (Å²) in [5.41, 5.74) is 0. The molecule has 2 rings (SSSR count). The van der Waals surface area contributed by atoms with Crippen LogP contribution in [0.2, 0.25) is 0 Å². The molecule has 18 heavy (non-hydrogen) atoms. The van der Waals surface area contributed by atoms with Crippen molar-refractivity contribution in [3.05, 3.63) is 17.0 Å². The second-order valence-electron chi connectivity index (χ2n) is 5.66. The zero-order valence-corrected chi connectivity index (χ0v) is 12.9. The van der Waals surface area contributed by atoms with Gasteiger partial charge in [-0.2, -0.15) is 0 Å². The van der Waals surface area contributed by atoms with Crippen LogP contribution in [-0.4, -0.2) is 16.1 Å². The lowest BCUT2D eigenvalue weighted by molar-refractivity contribution is 0.0419. The molecule has 1 fully saturated rings. The van der Waals surface area contributed by atoms with E-state index in [2.05, 4.69) is 46.7 Å². The van der Waals surface area contributed by atoms with Crippen molar-refractivity contribution in [3.8, 4) is 5.88 Å². The van der Waals surface area contributed by atoms with Gasteiger partial charge < -0.3 is 4.74 Å². The zero-order chi connectivity index (χ0) is 13.1. The van der Waals surface area contributed by atoms with Gasteiger partial charge in [-0.15, -0.1) is 0 Å². The molecule has 1 heterocycles. The molecule has 0 radical (unpaired) electrons. The Balaban J connectivity index is 2.11. The number of aromatic nitrogens is 2. The largest absolute Gasteiger partial charge is 0.473 e. The Kier molecular flexibility index (Phi) is 4.60. The molecule has 0 aromatic carbocycles. The van der Waals surface area contributed by atoms with E-state index in [9.17, 15) is 0 Å². The monoisotopic (exact) mass is 312 g/mol. The fourth-order valence-electron chi connectivity index (χ4n) is 2.78. The molecule has 0 N–H and O–H groups in total. The lowest BCUT2D eigenvalue weighted by atomic mass is 9.75. The maximum atomic E-state index is 6.13. The fourth-order valence-corrected chi connectivity index (χ4v) is 3.10. The van der Waals surface area contributed by atoms with E-state index >= 15 is 0 Å². The van der Waals surface area contributed by atoms with Gasteiger partial charge in [-0.1, -0.05) is 27.2 Å². The summed E-state index contributed by atoms with van der Waals surface area (Å²) in [4.78, 5) is 8.18. The van der Waals surface area contributed by atoms with Crippen molar-refractivity contribution in [2.45, 2.75) is 46.1 Å². The Morgan fingerprint density at radius 3 is 2.83 bits per heavy atom. The van der Waals surface area contributed by atoms with Gasteiger partial charge in [0.05, 0.1) is 4.47 Å². The summed E-state index contributed by atoms with van der Waals surface area (Å²) in [7, 11) is 0. The lowest BCUT2D eigenvalue weighted by Gasteiger charge is -2.37. The Bertz CT molecular complexity index is 397. The average Bonchev–Trinajstić information content (AvgIpc) is 2.32. The van der Waals surface area contributed by atoms with E-state index in [1.54, 1.807) is 6.20 Å². The molecule has 0 amide bonds. The van der Waals surface area contributed by atoms with E-state index in [1.807, 2.05) is 0 Å². The minimum Gasteiger partial charge on any atom is -0.473 e. The van der Waals surface area contributed by atoms with E-state index in [0.29, 0.717) is 17.7 Å². The molecule has 1 aliphatic carbocycles. The van der Waals surface area contributed by atoms with Crippen LogP contribution < -0.4 is 4.74 Å². The standard InChI is InChI=1S/C14H21BrN2O/c1-9(2)11-5-4-10(3)6-13(11)18-14-12(15)7-16-8-17-14/h7-11,13H,4-6H2,1-3H3. The number of hydrogen-bond donors (Lipinski definition) is 0. The van der Waals surface area contributed by atoms with Gasteiger partial charge in [-0.3, -0.25) is 0 Å². The van der Waals surface area contributed by atoms with Crippen molar-refractivity contribution in [2.24, 2.45) is 17.8 Å². The summed E-state index contributed by atoms with van der Waals surface area (Å²) in [6.07, 6.45) is 7.24. The third kappa shape index (κ3) is 3.22. The van der Waals surface area contributed by atoms with Crippen molar-refractivity contribution in [2.75, 3.05) is 0 Å². The molecule has 0 saturated heterocycles. The van der Waals surface area contributed by atoms with Crippen LogP contribution in [0.4, 0.5) is 0 Å². The number of nitrogens with zero attached hydrogens (tertiary/aromatic N) is 2. The first-order valence-corrected chi connectivity index (χ1v) is 7.49. The minimum absolute atomic E-state index is 0.278. The number of rotatable bonds is 3. The highest BCUT2D eigenvalue weighted by Gasteiger charge is 2.32. The molecular formula is C14H21BrN2O. The first-order valence-electron chi connectivity index (χ1n) is 6.70. The molecule has 1 aromatic rings. The van der Waals surface area contributed by atoms with Crippen LogP contribution in [0.25, 0.3) is 0 Å². The Morgan fingerprint density at radius 1 is 1.39 bits per heavy atom. The molecule has 100 valence electrons. The highest BCUT2D eigenvalue weighted by atomic mass is 79.9. The summed E-state index contributed by atoms with van der Waals surface area (Å²) < 4.78 is 6.97. The predicted molar refractivity (Wildman–Crippen MR) is 75.5 cm³/mol. The van der Waals surface area contributed by atoms with Crippen LogP contribution >= 0.6 is 15.9 Å². The van der Waals surface area contributed by atoms with Gasteiger partial charge in [0, 0.05) is 6.20 Å². The van der Waals surface area contributed by atoms with Crippen LogP contribution in [0.5, 0.6) is 5.88 Å².